The molecule has 26 heavy (non-hydrogen) atoms. The van der Waals surface area contributed by atoms with Crippen LogP contribution in [0.5, 0.6) is 0 Å². The first-order valence-electron chi connectivity index (χ1n) is 10.6. The van der Waals surface area contributed by atoms with E-state index in [1.54, 1.807) is 0 Å². The number of fused-ring (bicyclic) bond motifs is 3. The summed E-state index contributed by atoms with van der Waals surface area (Å²) in [7, 11) is 0. The first kappa shape index (κ1) is 19.0. The standard InChI is InChI=1S/C26H34/c1-3-5-6-7-8-9-10-15-21-26(20-4-2)24-18-13-11-16-22(24)23-17-12-14-19-25(23)26/h4,11-14,16-19H,2-3,5-10,15,20-21H2,1H3. The second kappa shape index (κ2) is 9.21. The lowest BCUT2D eigenvalue weighted by Gasteiger charge is -2.31. The highest BCUT2D eigenvalue weighted by Gasteiger charge is 2.41. The summed E-state index contributed by atoms with van der Waals surface area (Å²) in [6.45, 7) is 6.39. The Labute approximate surface area is 160 Å². The van der Waals surface area contributed by atoms with Crippen LogP contribution in [0.4, 0.5) is 0 Å². The molecule has 0 unspecified atom stereocenters. The van der Waals surface area contributed by atoms with Crippen molar-refractivity contribution >= 4 is 0 Å². The van der Waals surface area contributed by atoms with Crippen molar-refractivity contribution in [2.75, 3.05) is 0 Å². The number of hydrogen-bond acceptors (Lipinski definition) is 0. The first-order chi connectivity index (χ1) is 12.8. The van der Waals surface area contributed by atoms with Gasteiger partial charge in [-0.05, 0) is 35.1 Å². The summed E-state index contributed by atoms with van der Waals surface area (Å²) in [5.74, 6) is 0. The zero-order chi connectivity index (χ0) is 18.2. The average molecular weight is 347 g/mol. The van der Waals surface area contributed by atoms with E-state index < -0.39 is 0 Å². The maximum Gasteiger partial charge on any atom is 0.0249 e. The predicted octanol–water partition coefficient (Wildman–Crippen LogP) is 8.06. The zero-order valence-corrected chi connectivity index (χ0v) is 16.5. The van der Waals surface area contributed by atoms with E-state index in [0.29, 0.717) is 0 Å². The minimum atomic E-state index is 0.136. The smallest absolute Gasteiger partial charge is 0.0249 e. The van der Waals surface area contributed by atoms with Crippen LogP contribution in [0.3, 0.4) is 0 Å². The Kier molecular flexibility index (Phi) is 6.72. The molecule has 0 heteroatoms. The van der Waals surface area contributed by atoms with Gasteiger partial charge in [0, 0.05) is 5.41 Å². The van der Waals surface area contributed by atoms with Gasteiger partial charge in [0.15, 0.2) is 0 Å². The fourth-order valence-electron chi connectivity index (χ4n) is 4.81. The average Bonchev–Trinajstić information content (AvgIpc) is 2.95. The van der Waals surface area contributed by atoms with Gasteiger partial charge in [0.1, 0.15) is 0 Å². The fraction of sp³-hybridized carbons (Fsp3) is 0.462. The molecular formula is C26H34. The van der Waals surface area contributed by atoms with Crippen molar-refractivity contribution in [2.45, 2.75) is 76.5 Å². The van der Waals surface area contributed by atoms with Crippen molar-refractivity contribution in [2.24, 2.45) is 0 Å². The van der Waals surface area contributed by atoms with Gasteiger partial charge in [-0.2, -0.15) is 0 Å². The summed E-state index contributed by atoms with van der Waals surface area (Å²) >= 11 is 0. The molecule has 0 aliphatic heterocycles. The van der Waals surface area contributed by atoms with Crippen LogP contribution in [0.15, 0.2) is 61.2 Å². The van der Waals surface area contributed by atoms with Crippen molar-refractivity contribution in [1.29, 1.82) is 0 Å². The van der Waals surface area contributed by atoms with Gasteiger partial charge in [-0.3, -0.25) is 0 Å². The molecule has 2 aromatic carbocycles. The van der Waals surface area contributed by atoms with E-state index >= 15 is 0 Å². The lowest BCUT2D eigenvalue weighted by molar-refractivity contribution is 0.449. The van der Waals surface area contributed by atoms with E-state index in [1.165, 1.54) is 80.0 Å². The van der Waals surface area contributed by atoms with Gasteiger partial charge in [-0.1, -0.05) is 113 Å². The van der Waals surface area contributed by atoms with Crippen LogP contribution >= 0.6 is 0 Å². The van der Waals surface area contributed by atoms with Crippen LogP contribution in [-0.4, -0.2) is 0 Å². The Balaban J connectivity index is 1.71. The van der Waals surface area contributed by atoms with Crippen molar-refractivity contribution < 1.29 is 0 Å². The van der Waals surface area contributed by atoms with Crippen molar-refractivity contribution in [3.05, 3.63) is 72.3 Å². The molecule has 138 valence electrons. The number of allylic oxidation sites excluding steroid dienone is 1. The molecule has 0 N–H and O–H groups in total. The van der Waals surface area contributed by atoms with Crippen LogP contribution in [0, 0.1) is 0 Å². The largest absolute Gasteiger partial charge is 0.103 e. The lowest BCUT2D eigenvalue weighted by atomic mass is 9.72. The quantitative estimate of drug-likeness (QED) is 0.285. The molecule has 0 radical (unpaired) electrons. The number of unbranched alkanes of at least 4 members (excludes halogenated alkanes) is 7. The summed E-state index contributed by atoms with van der Waals surface area (Å²) in [6.07, 6.45) is 15.4. The molecule has 0 bridgehead atoms. The Bertz CT molecular complexity index is 664. The van der Waals surface area contributed by atoms with Gasteiger partial charge in [0.05, 0.1) is 0 Å². The van der Waals surface area contributed by atoms with Crippen molar-refractivity contribution in [3.63, 3.8) is 0 Å². The molecule has 1 aliphatic rings. The fourth-order valence-corrected chi connectivity index (χ4v) is 4.81. The topological polar surface area (TPSA) is 0 Å². The van der Waals surface area contributed by atoms with E-state index in [1.807, 2.05) is 0 Å². The van der Waals surface area contributed by atoms with E-state index in [4.69, 9.17) is 0 Å². The Morgan fingerprint density at radius 1 is 0.731 bits per heavy atom. The van der Waals surface area contributed by atoms with Gasteiger partial charge < -0.3 is 0 Å². The van der Waals surface area contributed by atoms with Crippen molar-refractivity contribution in [3.8, 4) is 11.1 Å². The molecule has 1 aliphatic carbocycles. The minimum absolute atomic E-state index is 0.136. The molecule has 0 saturated carbocycles. The molecule has 0 heterocycles. The van der Waals surface area contributed by atoms with Gasteiger partial charge in [-0.15, -0.1) is 6.58 Å². The summed E-state index contributed by atoms with van der Waals surface area (Å²) < 4.78 is 0. The van der Waals surface area contributed by atoms with Crippen LogP contribution in [0.2, 0.25) is 0 Å². The molecule has 0 saturated heterocycles. The van der Waals surface area contributed by atoms with E-state index in [9.17, 15) is 0 Å². The molecule has 0 aromatic heterocycles. The summed E-state index contributed by atoms with van der Waals surface area (Å²) in [5.41, 5.74) is 6.04. The molecule has 2 aromatic rings. The predicted molar refractivity (Wildman–Crippen MR) is 115 cm³/mol. The van der Waals surface area contributed by atoms with Crippen LogP contribution in [0.25, 0.3) is 11.1 Å². The highest BCUT2D eigenvalue weighted by molar-refractivity contribution is 5.81. The summed E-state index contributed by atoms with van der Waals surface area (Å²) in [5, 5.41) is 0. The molecule has 0 fully saturated rings. The highest BCUT2D eigenvalue weighted by Crippen LogP contribution is 2.53. The van der Waals surface area contributed by atoms with Crippen LogP contribution in [0.1, 0.15) is 82.3 Å². The van der Waals surface area contributed by atoms with E-state index in [-0.39, 0.29) is 5.41 Å². The third kappa shape index (κ3) is 3.80. The van der Waals surface area contributed by atoms with Crippen molar-refractivity contribution in [1.82, 2.24) is 0 Å². The Morgan fingerprint density at radius 3 is 1.77 bits per heavy atom. The highest BCUT2D eigenvalue weighted by atomic mass is 14.4. The van der Waals surface area contributed by atoms with Crippen LogP contribution < -0.4 is 0 Å². The lowest BCUT2D eigenvalue weighted by Crippen LogP contribution is -2.24. The maximum absolute atomic E-state index is 4.10. The van der Waals surface area contributed by atoms with E-state index in [2.05, 4.69) is 68.1 Å². The number of hydrogen-bond donors (Lipinski definition) is 0. The normalized spacial score (nSPS) is 14.0. The third-order valence-electron chi connectivity index (χ3n) is 6.13. The summed E-state index contributed by atoms with van der Waals surface area (Å²) in [6, 6.07) is 18.1. The number of rotatable bonds is 11. The zero-order valence-electron chi connectivity index (χ0n) is 16.5. The Hall–Kier alpha value is -1.82. The van der Waals surface area contributed by atoms with Gasteiger partial charge in [0.25, 0.3) is 0 Å². The monoisotopic (exact) mass is 346 g/mol. The third-order valence-corrected chi connectivity index (χ3v) is 6.13. The maximum atomic E-state index is 4.10. The SMILES string of the molecule is C=CCC1(CCCCCCCCCC)c2ccccc2-c2ccccc21. The molecule has 0 spiro atoms. The molecule has 0 nitrogen and oxygen atoms in total. The first-order valence-corrected chi connectivity index (χ1v) is 10.6. The van der Waals surface area contributed by atoms with Gasteiger partial charge in [-0.25, -0.2) is 0 Å². The second-order valence-electron chi connectivity index (χ2n) is 7.89. The van der Waals surface area contributed by atoms with Gasteiger partial charge in [0.2, 0.25) is 0 Å². The summed E-state index contributed by atoms with van der Waals surface area (Å²) in [4.78, 5) is 0. The molecular weight excluding hydrogens is 312 g/mol. The Morgan fingerprint density at radius 2 is 1.23 bits per heavy atom. The van der Waals surface area contributed by atoms with Crippen LogP contribution in [-0.2, 0) is 5.41 Å². The van der Waals surface area contributed by atoms with E-state index in [0.717, 1.165) is 6.42 Å². The molecule has 3 rings (SSSR count). The molecule has 0 amide bonds. The second-order valence-corrected chi connectivity index (χ2v) is 7.89. The number of benzene rings is 2. The van der Waals surface area contributed by atoms with Gasteiger partial charge >= 0.3 is 0 Å². The molecule has 0 atom stereocenters. The minimum Gasteiger partial charge on any atom is -0.103 e.